The van der Waals surface area contributed by atoms with E-state index in [0.717, 1.165) is 6.07 Å². The van der Waals surface area contributed by atoms with E-state index in [9.17, 15) is 18.4 Å². The molecule has 0 amide bonds. The lowest BCUT2D eigenvalue weighted by Crippen LogP contribution is -2.07. The van der Waals surface area contributed by atoms with E-state index in [-0.39, 0.29) is 5.56 Å². The van der Waals surface area contributed by atoms with Crippen molar-refractivity contribution >= 4 is 39.6 Å². The number of benzene rings is 2. The van der Waals surface area contributed by atoms with Gasteiger partial charge in [0, 0.05) is 17.1 Å². The number of hydrogen-bond acceptors (Lipinski definition) is 5. The van der Waals surface area contributed by atoms with Gasteiger partial charge in [-0.25, -0.2) is 0 Å². The number of nitrogens with zero attached hydrogens (tertiary/aromatic N) is 2. The third-order valence-electron chi connectivity index (χ3n) is 4.48. The molecule has 1 aromatic heterocycles. The van der Waals surface area contributed by atoms with E-state index in [4.69, 9.17) is 22.1 Å². The number of rotatable bonds is 5. The molecule has 30 heavy (non-hydrogen) atoms. The molecule has 156 valence electrons. The quantitative estimate of drug-likeness (QED) is 0.476. The van der Waals surface area contributed by atoms with Crippen LogP contribution in [0.2, 0.25) is 5.02 Å². The highest BCUT2D eigenvalue weighted by molar-refractivity contribution is 6.31. The Kier molecular flexibility index (Phi) is 5.94. The van der Waals surface area contributed by atoms with Gasteiger partial charge in [0.05, 0.1) is 45.3 Å². The number of hydrogen-bond donors (Lipinski definition) is 2. The van der Waals surface area contributed by atoms with E-state index in [2.05, 4.69) is 16.4 Å². The van der Waals surface area contributed by atoms with E-state index < -0.39 is 16.8 Å². The molecule has 3 rings (SSSR count). The maximum Gasteiger partial charge on any atom is 0.417 e. The van der Waals surface area contributed by atoms with Crippen molar-refractivity contribution in [2.24, 2.45) is 0 Å². The fourth-order valence-electron chi connectivity index (χ4n) is 3.11. The van der Waals surface area contributed by atoms with Gasteiger partial charge < -0.3 is 15.8 Å². The van der Waals surface area contributed by atoms with Gasteiger partial charge in [-0.3, -0.25) is 4.98 Å². The predicted molar refractivity (Wildman–Crippen MR) is 111 cm³/mol. The number of nitriles is 1. The number of aromatic nitrogens is 1. The number of nitrogens with two attached hydrogens (primary N) is 1. The van der Waals surface area contributed by atoms with Gasteiger partial charge in [-0.2, -0.15) is 18.4 Å². The molecule has 2 aromatic carbocycles. The van der Waals surface area contributed by atoms with Crippen molar-refractivity contribution in [2.75, 3.05) is 17.7 Å². The number of aryl methyl sites for hydroxylation is 1. The van der Waals surface area contributed by atoms with E-state index in [0.29, 0.717) is 52.4 Å². The summed E-state index contributed by atoms with van der Waals surface area (Å²) in [6.45, 7) is 4.10. The van der Waals surface area contributed by atoms with Crippen LogP contribution in [0, 0.1) is 11.3 Å². The van der Waals surface area contributed by atoms with Crippen molar-refractivity contribution in [1.82, 2.24) is 4.98 Å². The van der Waals surface area contributed by atoms with E-state index >= 15 is 0 Å². The summed E-state index contributed by atoms with van der Waals surface area (Å²) in [6.07, 6.45) is -4.08. The highest BCUT2D eigenvalue weighted by Crippen LogP contribution is 2.39. The van der Waals surface area contributed by atoms with Crippen molar-refractivity contribution in [3.05, 3.63) is 52.2 Å². The average molecular weight is 435 g/mol. The van der Waals surface area contributed by atoms with Crippen molar-refractivity contribution in [3.63, 3.8) is 0 Å². The second-order valence-electron chi connectivity index (χ2n) is 6.43. The normalized spacial score (nSPS) is 11.4. The summed E-state index contributed by atoms with van der Waals surface area (Å²) < 4.78 is 44.5. The summed E-state index contributed by atoms with van der Waals surface area (Å²) in [6, 6.07) is 8.75. The highest BCUT2D eigenvalue weighted by Gasteiger charge is 2.33. The van der Waals surface area contributed by atoms with E-state index in [1.807, 2.05) is 13.8 Å². The zero-order valence-electron chi connectivity index (χ0n) is 16.2. The molecule has 0 unspecified atom stereocenters. The lowest BCUT2D eigenvalue weighted by atomic mass is 10.0. The van der Waals surface area contributed by atoms with Crippen LogP contribution in [-0.2, 0) is 12.6 Å². The Morgan fingerprint density at radius 3 is 2.53 bits per heavy atom. The van der Waals surface area contributed by atoms with Crippen molar-refractivity contribution < 1.29 is 17.9 Å². The number of pyridine rings is 1. The van der Waals surface area contributed by atoms with Gasteiger partial charge in [0.2, 0.25) is 0 Å². The second kappa shape index (κ2) is 8.28. The smallest absolute Gasteiger partial charge is 0.417 e. The molecule has 9 heteroatoms. The minimum atomic E-state index is -4.56. The molecule has 3 aromatic rings. The summed E-state index contributed by atoms with van der Waals surface area (Å²) in [4.78, 5) is 4.54. The number of alkyl halides is 3. The molecule has 0 radical (unpaired) electrons. The van der Waals surface area contributed by atoms with Gasteiger partial charge in [-0.1, -0.05) is 18.5 Å². The standard InChI is InChI=1S/C21H18ClF3N4O/c1-3-17-13(10-26)20(12-8-16(27)19(30-4-2)9-18(12)29-17)28-11-5-6-14(15(22)7-11)21(23,24)25/h5-9H,3-4,27H2,1-2H3,(H,28,29). The van der Waals surface area contributed by atoms with Crippen LogP contribution in [0.5, 0.6) is 5.75 Å². The molecule has 0 aliphatic rings. The van der Waals surface area contributed by atoms with Crippen LogP contribution in [0.4, 0.5) is 30.2 Å². The number of ether oxygens (including phenoxy) is 1. The Balaban J connectivity index is 2.20. The third kappa shape index (κ3) is 4.07. The molecule has 0 fully saturated rings. The third-order valence-corrected chi connectivity index (χ3v) is 4.79. The Hall–Kier alpha value is -3.18. The van der Waals surface area contributed by atoms with Crippen LogP contribution in [0.3, 0.4) is 0 Å². The molecule has 0 atom stereocenters. The summed E-state index contributed by atoms with van der Waals surface area (Å²) in [5.74, 6) is 0.466. The number of nitrogen functional groups attached to an aromatic ring is 1. The molecule has 0 aliphatic heterocycles. The number of halogens is 4. The Labute approximate surface area is 176 Å². The minimum absolute atomic E-state index is 0.282. The van der Waals surface area contributed by atoms with Crippen LogP contribution < -0.4 is 15.8 Å². The van der Waals surface area contributed by atoms with E-state index in [1.165, 1.54) is 12.1 Å². The summed E-state index contributed by atoms with van der Waals surface area (Å²) in [7, 11) is 0. The van der Waals surface area contributed by atoms with Crippen LogP contribution in [0.25, 0.3) is 10.9 Å². The lowest BCUT2D eigenvalue weighted by Gasteiger charge is -2.17. The zero-order chi connectivity index (χ0) is 22.1. The molecule has 3 N–H and O–H groups in total. The first kappa shape index (κ1) is 21.5. The molecule has 0 aliphatic carbocycles. The van der Waals surface area contributed by atoms with Crippen LogP contribution >= 0.6 is 11.6 Å². The second-order valence-corrected chi connectivity index (χ2v) is 6.84. The first-order chi connectivity index (χ1) is 14.2. The maximum atomic E-state index is 13.0. The first-order valence-corrected chi connectivity index (χ1v) is 9.50. The molecule has 0 spiro atoms. The summed E-state index contributed by atoms with van der Waals surface area (Å²) >= 11 is 5.84. The SMILES string of the molecule is CCOc1cc2nc(CC)c(C#N)c(Nc3ccc(C(F)(F)F)c(Cl)c3)c2cc1N. The van der Waals surface area contributed by atoms with Crippen molar-refractivity contribution in [2.45, 2.75) is 26.4 Å². The summed E-state index contributed by atoms with van der Waals surface area (Å²) in [5.41, 5.74) is 7.56. The zero-order valence-corrected chi connectivity index (χ0v) is 16.9. The Morgan fingerprint density at radius 2 is 1.97 bits per heavy atom. The molecular weight excluding hydrogens is 417 g/mol. The summed E-state index contributed by atoms with van der Waals surface area (Å²) in [5, 5.41) is 12.8. The Bertz CT molecular complexity index is 1160. The molecule has 1 heterocycles. The van der Waals surface area contributed by atoms with Gasteiger partial charge in [-0.05, 0) is 37.6 Å². The van der Waals surface area contributed by atoms with Gasteiger partial charge in [0.1, 0.15) is 11.8 Å². The van der Waals surface area contributed by atoms with E-state index in [1.54, 1.807) is 12.1 Å². The topological polar surface area (TPSA) is 84.0 Å². The number of anilines is 3. The molecule has 0 bridgehead atoms. The van der Waals surface area contributed by atoms with Gasteiger partial charge in [0.15, 0.2) is 0 Å². The van der Waals surface area contributed by atoms with Gasteiger partial charge >= 0.3 is 6.18 Å². The fraction of sp³-hybridized carbons (Fsp3) is 0.238. The highest BCUT2D eigenvalue weighted by atomic mass is 35.5. The van der Waals surface area contributed by atoms with Gasteiger partial charge in [-0.15, -0.1) is 0 Å². The lowest BCUT2D eigenvalue weighted by molar-refractivity contribution is -0.137. The average Bonchev–Trinajstić information content (AvgIpc) is 2.68. The fourth-order valence-corrected chi connectivity index (χ4v) is 3.40. The monoisotopic (exact) mass is 434 g/mol. The molecule has 5 nitrogen and oxygen atoms in total. The van der Waals surface area contributed by atoms with Gasteiger partial charge in [0.25, 0.3) is 0 Å². The van der Waals surface area contributed by atoms with Crippen molar-refractivity contribution in [1.29, 1.82) is 5.26 Å². The maximum absolute atomic E-state index is 13.0. The Morgan fingerprint density at radius 1 is 1.23 bits per heavy atom. The van der Waals surface area contributed by atoms with Crippen molar-refractivity contribution in [3.8, 4) is 11.8 Å². The number of fused-ring (bicyclic) bond motifs is 1. The first-order valence-electron chi connectivity index (χ1n) is 9.12. The predicted octanol–water partition coefficient (Wildman–Crippen LogP) is 6.07. The van der Waals surface area contributed by atoms with Crippen LogP contribution in [0.1, 0.15) is 30.7 Å². The molecule has 0 saturated heterocycles. The van der Waals surface area contributed by atoms with Crippen LogP contribution in [-0.4, -0.2) is 11.6 Å². The molecule has 0 saturated carbocycles. The molecular formula is C21H18ClF3N4O. The number of nitrogens with one attached hydrogen (secondary N) is 1. The largest absolute Gasteiger partial charge is 0.492 e. The minimum Gasteiger partial charge on any atom is -0.492 e. The van der Waals surface area contributed by atoms with Crippen LogP contribution in [0.15, 0.2) is 30.3 Å².